The van der Waals surface area contributed by atoms with E-state index in [2.05, 4.69) is 12.2 Å². The van der Waals surface area contributed by atoms with Crippen molar-refractivity contribution in [3.63, 3.8) is 0 Å². The monoisotopic (exact) mass is 466 g/mol. The zero-order chi connectivity index (χ0) is 24.7. The molecule has 1 heterocycles. The average molecular weight is 467 g/mol. The lowest BCUT2D eigenvalue weighted by Crippen LogP contribution is -2.29. The number of nitrogens with one attached hydrogen (secondary N) is 1. The molecule has 0 aromatic heterocycles. The average Bonchev–Trinajstić information content (AvgIpc) is 3.10. The summed E-state index contributed by atoms with van der Waals surface area (Å²) in [6.45, 7) is 7.04. The van der Waals surface area contributed by atoms with E-state index in [0.717, 1.165) is 25.8 Å². The molecule has 0 aliphatic carbocycles. The van der Waals surface area contributed by atoms with E-state index in [0.29, 0.717) is 47.7 Å². The SMILES string of the molecule is CCCCCNc1cccc2c1C(=O)N(c1ccc(OCCCC(C)(C)C(=O)OC)cc1)C2=O. The molecule has 34 heavy (non-hydrogen) atoms. The number of carbonyl (C=O) groups is 3. The largest absolute Gasteiger partial charge is 0.494 e. The maximum Gasteiger partial charge on any atom is 0.311 e. The van der Waals surface area contributed by atoms with Crippen LogP contribution in [-0.4, -0.2) is 38.0 Å². The second kappa shape index (κ2) is 11.2. The maximum absolute atomic E-state index is 13.2. The van der Waals surface area contributed by atoms with Gasteiger partial charge in [-0.25, -0.2) is 4.90 Å². The molecule has 7 nitrogen and oxygen atoms in total. The molecule has 3 rings (SSSR count). The standard InChI is InChI=1S/C27H34N2O5/c1-5-6-7-17-28-22-11-8-10-21-23(22)25(31)29(24(21)30)19-12-14-20(15-13-19)34-18-9-16-27(2,3)26(32)33-4/h8,10-15,28H,5-7,9,16-18H2,1-4H3. The summed E-state index contributed by atoms with van der Waals surface area (Å²) in [6, 6.07) is 12.3. The maximum atomic E-state index is 13.2. The van der Waals surface area contributed by atoms with Gasteiger partial charge in [-0.3, -0.25) is 14.4 Å². The minimum atomic E-state index is -0.558. The van der Waals surface area contributed by atoms with E-state index in [9.17, 15) is 14.4 Å². The van der Waals surface area contributed by atoms with Crippen LogP contribution in [0.15, 0.2) is 42.5 Å². The Morgan fingerprint density at radius 3 is 2.41 bits per heavy atom. The first-order valence-electron chi connectivity index (χ1n) is 11.9. The third-order valence-corrected chi connectivity index (χ3v) is 6.06. The van der Waals surface area contributed by atoms with Gasteiger partial charge >= 0.3 is 5.97 Å². The van der Waals surface area contributed by atoms with Gasteiger partial charge in [0, 0.05) is 12.2 Å². The number of hydrogen-bond acceptors (Lipinski definition) is 6. The predicted molar refractivity (Wildman–Crippen MR) is 133 cm³/mol. The molecule has 1 aliphatic heterocycles. The van der Waals surface area contributed by atoms with E-state index < -0.39 is 5.41 Å². The van der Waals surface area contributed by atoms with Crippen molar-refractivity contribution in [3.05, 3.63) is 53.6 Å². The number of benzene rings is 2. The highest BCUT2D eigenvalue weighted by Gasteiger charge is 2.38. The molecule has 0 fully saturated rings. The normalized spacial score (nSPS) is 13.1. The Balaban J connectivity index is 1.62. The van der Waals surface area contributed by atoms with Gasteiger partial charge in [0.25, 0.3) is 11.8 Å². The van der Waals surface area contributed by atoms with Crippen LogP contribution in [-0.2, 0) is 9.53 Å². The second-order valence-corrected chi connectivity index (χ2v) is 9.13. The molecule has 2 aromatic carbocycles. The quantitative estimate of drug-likeness (QED) is 0.254. The molecule has 1 N–H and O–H groups in total. The van der Waals surface area contributed by atoms with Crippen molar-refractivity contribution in [3.8, 4) is 5.75 Å². The molecule has 0 saturated carbocycles. The predicted octanol–water partition coefficient (Wildman–Crippen LogP) is 5.45. The van der Waals surface area contributed by atoms with Crippen LogP contribution in [0.2, 0.25) is 0 Å². The minimum absolute atomic E-state index is 0.239. The Morgan fingerprint density at radius 1 is 1.00 bits per heavy atom. The third-order valence-electron chi connectivity index (χ3n) is 6.06. The number of esters is 1. The Morgan fingerprint density at radius 2 is 1.74 bits per heavy atom. The van der Waals surface area contributed by atoms with Gasteiger partial charge in [0.05, 0.1) is 35.9 Å². The molecule has 0 spiro atoms. The zero-order valence-electron chi connectivity index (χ0n) is 20.5. The fraction of sp³-hybridized carbons (Fsp3) is 0.444. The number of fused-ring (bicyclic) bond motifs is 1. The summed E-state index contributed by atoms with van der Waals surface area (Å²) in [7, 11) is 1.39. The van der Waals surface area contributed by atoms with E-state index in [1.165, 1.54) is 12.0 Å². The molecule has 182 valence electrons. The topological polar surface area (TPSA) is 84.9 Å². The van der Waals surface area contributed by atoms with Crippen LogP contribution in [0.1, 0.15) is 73.6 Å². The van der Waals surface area contributed by atoms with Gasteiger partial charge in [0.15, 0.2) is 0 Å². The fourth-order valence-electron chi connectivity index (χ4n) is 4.04. The molecule has 0 unspecified atom stereocenters. The minimum Gasteiger partial charge on any atom is -0.494 e. The molecular weight excluding hydrogens is 432 g/mol. The summed E-state index contributed by atoms with van der Waals surface area (Å²) in [5.74, 6) is -0.250. The van der Waals surface area contributed by atoms with Gasteiger partial charge in [-0.05, 0) is 69.5 Å². The molecule has 0 bridgehead atoms. The number of ether oxygens (including phenoxy) is 2. The van der Waals surface area contributed by atoms with Crippen molar-refractivity contribution < 1.29 is 23.9 Å². The number of rotatable bonds is 12. The third kappa shape index (κ3) is 5.58. The molecule has 0 atom stereocenters. The number of nitrogens with zero attached hydrogens (tertiary/aromatic N) is 1. The summed E-state index contributed by atoms with van der Waals surface area (Å²) < 4.78 is 10.6. The Kier molecular flexibility index (Phi) is 8.31. The van der Waals surface area contributed by atoms with Crippen molar-refractivity contribution in [2.75, 3.05) is 30.5 Å². The lowest BCUT2D eigenvalue weighted by atomic mass is 9.88. The zero-order valence-corrected chi connectivity index (χ0v) is 20.5. The van der Waals surface area contributed by atoms with Gasteiger partial charge in [-0.15, -0.1) is 0 Å². The molecule has 0 saturated heterocycles. The molecule has 1 aliphatic rings. The van der Waals surface area contributed by atoms with Crippen LogP contribution in [0.25, 0.3) is 0 Å². The fourth-order valence-corrected chi connectivity index (χ4v) is 4.04. The van der Waals surface area contributed by atoms with E-state index in [-0.39, 0.29) is 17.8 Å². The number of amides is 2. The summed E-state index contributed by atoms with van der Waals surface area (Å²) >= 11 is 0. The van der Waals surface area contributed by atoms with Crippen LogP contribution in [0.5, 0.6) is 5.75 Å². The Hall–Kier alpha value is -3.35. The van der Waals surface area contributed by atoms with Crippen molar-refractivity contribution in [1.29, 1.82) is 0 Å². The number of imide groups is 1. The Bertz CT molecular complexity index is 1030. The van der Waals surface area contributed by atoms with E-state index in [1.807, 2.05) is 19.9 Å². The van der Waals surface area contributed by atoms with Crippen molar-refractivity contribution >= 4 is 29.2 Å². The first-order valence-corrected chi connectivity index (χ1v) is 11.9. The van der Waals surface area contributed by atoms with Crippen molar-refractivity contribution in [2.45, 2.75) is 52.9 Å². The molecular formula is C27H34N2O5. The van der Waals surface area contributed by atoms with Crippen LogP contribution in [0.3, 0.4) is 0 Å². The van der Waals surface area contributed by atoms with Gasteiger partial charge in [0.1, 0.15) is 5.75 Å². The van der Waals surface area contributed by atoms with Gasteiger partial charge in [0.2, 0.25) is 0 Å². The number of methoxy groups -OCH3 is 1. The molecule has 0 radical (unpaired) electrons. The van der Waals surface area contributed by atoms with Crippen molar-refractivity contribution in [2.24, 2.45) is 5.41 Å². The van der Waals surface area contributed by atoms with Crippen molar-refractivity contribution in [1.82, 2.24) is 0 Å². The Labute approximate surface area is 201 Å². The van der Waals surface area contributed by atoms with Crippen LogP contribution < -0.4 is 15.0 Å². The van der Waals surface area contributed by atoms with Crippen LogP contribution in [0.4, 0.5) is 11.4 Å². The van der Waals surface area contributed by atoms with E-state index >= 15 is 0 Å². The number of unbranched alkanes of at least 4 members (excludes halogenated alkanes) is 2. The molecule has 7 heteroatoms. The number of hydrogen-bond donors (Lipinski definition) is 1. The highest BCUT2D eigenvalue weighted by atomic mass is 16.5. The first kappa shape index (κ1) is 25.3. The first-order chi connectivity index (χ1) is 16.3. The van der Waals surface area contributed by atoms with Gasteiger partial charge < -0.3 is 14.8 Å². The summed E-state index contributed by atoms with van der Waals surface area (Å²) in [6.07, 6.45) is 4.56. The second-order valence-electron chi connectivity index (χ2n) is 9.13. The van der Waals surface area contributed by atoms with Gasteiger partial charge in [-0.2, -0.15) is 0 Å². The van der Waals surface area contributed by atoms with Gasteiger partial charge in [-0.1, -0.05) is 25.8 Å². The number of carbonyl (C=O) groups excluding carboxylic acids is 3. The molecule has 2 aromatic rings. The van der Waals surface area contributed by atoms with Crippen LogP contribution in [0, 0.1) is 5.41 Å². The summed E-state index contributed by atoms with van der Waals surface area (Å²) in [5.41, 5.74) is 1.49. The smallest absolute Gasteiger partial charge is 0.311 e. The molecule has 2 amide bonds. The van der Waals surface area contributed by atoms with Crippen LogP contribution >= 0.6 is 0 Å². The lowest BCUT2D eigenvalue weighted by molar-refractivity contribution is -0.151. The number of anilines is 2. The lowest BCUT2D eigenvalue weighted by Gasteiger charge is -2.21. The summed E-state index contributed by atoms with van der Waals surface area (Å²) in [4.78, 5) is 39.2. The van der Waals surface area contributed by atoms with E-state index in [1.54, 1.807) is 36.4 Å². The van der Waals surface area contributed by atoms with E-state index in [4.69, 9.17) is 9.47 Å². The summed E-state index contributed by atoms with van der Waals surface area (Å²) in [5, 5.41) is 3.31. The highest BCUT2D eigenvalue weighted by Crippen LogP contribution is 2.33. The highest BCUT2D eigenvalue weighted by molar-refractivity contribution is 6.36.